The summed E-state index contributed by atoms with van der Waals surface area (Å²) in [4.78, 5) is 25.7. The van der Waals surface area contributed by atoms with E-state index in [1.807, 2.05) is 31.2 Å². The molecular formula is C16H19NO3. The number of carboxylic acid groups (broad SMARTS) is 1. The predicted molar refractivity (Wildman–Crippen MR) is 74.1 cm³/mol. The molecule has 0 aromatic heterocycles. The monoisotopic (exact) mass is 273 g/mol. The number of aliphatic carboxylic acids is 1. The first-order valence-electron chi connectivity index (χ1n) is 7.17. The number of carbonyl (C=O) groups is 2. The molecule has 1 aromatic carbocycles. The van der Waals surface area contributed by atoms with Gasteiger partial charge < -0.3 is 10.0 Å². The van der Waals surface area contributed by atoms with Gasteiger partial charge in [0.2, 0.25) is 5.91 Å². The minimum Gasteiger partial charge on any atom is -0.481 e. The van der Waals surface area contributed by atoms with Crippen molar-refractivity contribution in [1.82, 2.24) is 4.90 Å². The van der Waals surface area contributed by atoms with Gasteiger partial charge in [0.25, 0.3) is 0 Å². The molecule has 2 unspecified atom stereocenters. The smallest absolute Gasteiger partial charge is 0.312 e. The van der Waals surface area contributed by atoms with Gasteiger partial charge in [-0.25, -0.2) is 0 Å². The van der Waals surface area contributed by atoms with Gasteiger partial charge in [-0.1, -0.05) is 31.2 Å². The van der Waals surface area contributed by atoms with E-state index in [0.29, 0.717) is 19.0 Å². The van der Waals surface area contributed by atoms with Gasteiger partial charge in [-0.15, -0.1) is 0 Å². The largest absolute Gasteiger partial charge is 0.481 e. The Morgan fingerprint density at radius 1 is 1.30 bits per heavy atom. The van der Waals surface area contributed by atoms with Crippen molar-refractivity contribution in [2.45, 2.75) is 32.2 Å². The number of fused-ring (bicyclic) bond motifs is 1. The second-order valence-electron chi connectivity index (χ2n) is 5.93. The number of carboxylic acids is 1. The second-order valence-corrected chi connectivity index (χ2v) is 5.93. The molecule has 4 nitrogen and oxygen atoms in total. The average molecular weight is 273 g/mol. The van der Waals surface area contributed by atoms with Crippen molar-refractivity contribution in [3.8, 4) is 0 Å². The second kappa shape index (κ2) is 4.93. The summed E-state index contributed by atoms with van der Waals surface area (Å²) in [5.74, 6) is -0.824. The van der Waals surface area contributed by atoms with Gasteiger partial charge in [0.05, 0.1) is 5.92 Å². The van der Waals surface area contributed by atoms with Crippen LogP contribution in [0, 0.1) is 11.8 Å². The summed E-state index contributed by atoms with van der Waals surface area (Å²) in [7, 11) is 0. The maximum Gasteiger partial charge on any atom is 0.312 e. The van der Waals surface area contributed by atoms with Crippen LogP contribution in [0.4, 0.5) is 0 Å². The van der Waals surface area contributed by atoms with Crippen LogP contribution in [0.1, 0.15) is 36.8 Å². The zero-order valence-electron chi connectivity index (χ0n) is 11.6. The van der Waals surface area contributed by atoms with E-state index in [-0.39, 0.29) is 11.8 Å². The van der Waals surface area contributed by atoms with E-state index in [0.717, 1.165) is 24.0 Å². The lowest BCUT2D eigenvalue weighted by Crippen LogP contribution is -2.43. The van der Waals surface area contributed by atoms with Gasteiger partial charge in [0.1, 0.15) is 0 Å². The molecule has 106 valence electrons. The highest BCUT2D eigenvalue weighted by Gasteiger charge is 2.38. The van der Waals surface area contributed by atoms with E-state index in [9.17, 15) is 14.7 Å². The minimum absolute atomic E-state index is 0.0229. The normalized spacial score (nSPS) is 23.1. The maximum absolute atomic E-state index is 12.5. The van der Waals surface area contributed by atoms with Crippen LogP contribution >= 0.6 is 0 Å². The van der Waals surface area contributed by atoms with Gasteiger partial charge in [-0.3, -0.25) is 9.59 Å². The number of benzene rings is 1. The van der Waals surface area contributed by atoms with E-state index in [1.165, 1.54) is 0 Å². The lowest BCUT2D eigenvalue weighted by molar-refractivity contribution is -0.142. The highest BCUT2D eigenvalue weighted by molar-refractivity contribution is 5.83. The molecule has 0 saturated heterocycles. The molecule has 1 N–H and O–H groups in total. The van der Waals surface area contributed by atoms with Gasteiger partial charge in [0, 0.05) is 19.0 Å². The fraction of sp³-hybridized carbons (Fsp3) is 0.500. The van der Waals surface area contributed by atoms with Crippen LogP contribution in [0.25, 0.3) is 0 Å². The van der Waals surface area contributed by atoms with Crippen LogP contribution in [-0.4, -0.2) is 28.4 Å². The minimum atomic E-state index is -0.853. The Morgan fingerprint density at radius 3 is 2.65 bits per heavy atom. The molecule has 3 rings (SSSR count). The number of hydrogen-bond donors (Lipinski definition) is 1. The van der Waals surface area contributed by atoms with Crippen molar-refractivity contribution in [2.75, 3.05) is 6.54 Å². The third kappa shape index (κ3) is 2.30. The van der Waals surface area contributed by atoms with Crippen molar-refractivity contribution in [1.29, 1.82) is 0 Å². The third-order valence-electron chi connectivity index (χ3n) is 4.52. The summed E-state index contributed by atoms with van der Waals surface area (Å²) < 4.78 is 0. The Bertz CT molecular complexity index is 550. The molecule has 1 aliphatic carbocycles. The van der Waals surface area contributed by atoms with Crippen LogP contribution in [0.2, 0.25) is 0 Å². The van der Waals surface area contributed by atoms with Crippen LogP contribution in [-0.2, 0) is 16.1 Å². The first kappa shape index (κ1) is 13.2. The van der Waals surface area contributed by atoms with Crippen LogP contribution in [0.3, 0.4) is 0 Å². The SMILES string of the molecule is CC(C(=O)N1Cc2ccccc2C(C(=O)O)C1)C1CC1. The van der Waals surface area contributed by atoms with Gasteiger partial charge >= 0.3 is 5.97 Å². The lowest BCUT2D eigenvalue weighted by Gasteiger charge is -2.34. The van der Waals surface area contributed by atoms with Gasteiger partial charge in [-0.05, 0) is 29.9 Å². The fourth-order valence-corrected chi connectivity index (χ4v) is 3.07. The summed E-state index contributed by atoms with van der Waals surface area (Å²) in [5, 5.41) is 9.41. The molecule has 0 bridgehead atoms. The molecule has 1 amide bonds. The van der Waals surface area contributed by atoms with Crippen LogP contribution < -0.4 is 0 Å². The average Bonchev–Trinajstić information content (AvgIpc) is 3.29. The van der Waals surface area contributed by atoms with Crippen LogP contribution in [0.5, 0.6) is 0 Å². The molecule has 1 fully saturated rings. The van der Waals surface area contributed by atoms with E-state index in [2.05, 4.69) is 0 Å². The lowest BCUT2D eigenvalue weighted by atomic mass is 9.89. The molecule has 2 atom stereocenters. The first-order chi connectivity index (χ1) is 9.58. The number of carbonyl (C=O) groups excluding carboxylic acids is 1. The Kier molecular flexibility index (Phi) is 3.24. The molecule has 20 heavy (non-hydrogen) atoms. The van der Waals surface area contributed by atoms with Gasteiger partial charge in [-0.2, -0.15) is 0 Å². The molecule has 1 aromatic rings. The Labute approximate surface area is 118 Å². The Hall–Kier alpha value is -1.84. The Morgan fingerprint density at radius 2 is 2.00 bits per heavy atom. The van der Waals surface area contributed by atoms with E-state index in [4.69, 9.17) is 0 Å². The molecule has 1 heterocycles. The highest BCUT2D eigenvalue weighted by atomic mass is 16.4. The quantitative estimate of drug-likeness (QED) is 0.919. The van der Waals surface area contributed by atoms with Crippen molar-refractivity contribution in [3.05, 3.63) is 35.4 Å². The molecule has 2 aliphatic rings. The summed E-state index contributed by atoms with van der Waals surface area (Å²) >= 11 is 0. The van der Waals surface area contributed by atoms with Crippen molar-refractivity contribution < 1.29 is 14.7 Å². The van der Waals surface area contributed by atoms with E-state index >= 15 is 0 Å². The molecular weight excluding hydrogens is 254 g/mol. The van der Waals surface area contributed by atoms with E-state index in [1.54, 1.807) is 4.90 Å². The first-order valence-corrected chi connectivity index (χ1v) is 7.17. The van der Waals surface area contributed by atoms with E-state index < -0.39 is 11.9 Å². The maximum atomic E-state index is 12.5. The molecule has 4 heteroatoms. The number of amides is 1. The molecule has 1 saturated carbocycles. The number of hydrogen-bond acceptors (Lipinski definition) is 2. The fourth-order valence-electron chi connectivity index (χ4n) is 3.07. The number of rotatable bonds is 3. The number of nitrogens with zero attached hydrogens (tertiary/aromatic N) is 1. The highest BCUT2D eigenvalue weighted by Crippen LogP contribution is 2.38. The summed E-state index contributed by atoms with van der Waals surface area (Å²) in [6.45, 7) is 2.80. The van der Waals surface area contributed by atoms with Gasteiger partial charge in [0.15, 0.2) is 0 Å². The predicted octanol–water partition coefficient (Wildman–Crippen LogP) is 2.24. The molecule has 0 spiro atoms. The van der Waals surface area contributed by atoms with Crippen molar-refractivity contribution >= 4 is 11.9 Å². The van der Waals surface area contributed by atoms with Crippen molar-refractivity contribution in [2.24, 2.45) is 11.8 Å². The summed E-state index contributed by atoms with van der Waals surface area (Å²) in [5.41, 5.74) is 1.81. The molecule has 1 aliphatic heterocycles. The van der Waals surface area contributed by atoms with Crippen molar-refractivity contribution in [3.63, 3.8) is 0 Å². The summed E-state index contributed by atoms with van der Waals surface area (Å²) in [6, 6.07) is 7.54. The zero-order valence-corrected chi connectivity index (χ0v) is 11.6. The Balaban J connectivity index is 1.85. The molecule has 0 radical (unpaired) electrons. The third-order valence-corrected chi connectivity index (χ3v) is 4.52. The zero-order chi connectivity index (χ0) is 14.3. The summed E-state index contributed by atoms with van der Waals surface area (Å²) in [6.07, 6.45) is 2.25. The van der Waals surface area contributed by atoms with Crippen LogP contribution in [0.15, 0.2) is 24.3 Å². The topological polar surface area (TPSA) is 57.6 Å². The standard InChI is InChI=1S/C16H19NO3/c1-10(11-6-7-11)15(18)17-8-12-4-2-3-5-13(12)14(9-17)16(19)20/h2-5,10-11,14H,6-9H2,1H3,(H,19,20).